The highest BCUT2D eigenvalue weighted by Gasteiger charge is 2.27. The number of piperazine rings is 1. The Labute approximate surface area is 151 Å². The maximum atomic E-state index is 12.6. The van der Waals surface area contributed by atoms with Gasteiger partial charge < -0.3 is 9.80 Å². The summed E-state index contributed by atoms with van der Waals surface area (Å²) in [6.45, 7) is 4.64. The predicted octanol–water partition coefficient (Wildman–Crippen LogP) is 0.568. The summed E-state index contributed by atoms with van der Waals surface area (Å²) >= 11 is 0. The fourth-order valence-electron chi connectivity index (χ4n) is 3.29. The van der Waals surface area contributed by atoms with Crippen molar-refractivity contribution in [2.24, 2.45) is 0 Å². The summed E-state index contributed by atoms with van der Waals surface area (Å²) in [5.41, 5.74) is 1.72. The molecule has 3 heterocycles. The lowest BCUT2D eigenvalue weighted by atomic mass is 10.2. The van der Waals surface area contributed by atoms with E-state index in [1.807, 2.05) is 6.92 Å². The Balaban J connectivity index is 1.39. The van der Waals surface area contributed by atoms with Crippen LogP contribution in [0, 0.1) is 6.92 Å². The van der Waals surface area contributed by atoms with E-state index in [-0.39, 0.29) is 18.0 Å². The molecule has 8 heteroatoms. The summed E-state index contributed by atoms with van der Waals surface area (Å²) in [5, 5.41) is 4.37. The zero-order valence-electron chi connectivity index (χ0n) is 14.8. The average Bonchev–Trinajstić information content (AvgIpc) is 3.49. The van der Waals surface area contributed by atoms with Gasteiger partial charge in [-0.3, -0.25) is 9.59 Å². The molecule has 2 fully saturated rings. The first-order valence-corrected chi connectivity index (χ1v) is 8.99. The average molecular weight is 354 g/mol. The Bertz CT molecular complexity index is 868. The van der Waals surface area contributed by atoms with E-state index in [9.17, 15) is 9.59 Å². The monoisotopic (exact) mass is 354 g/mol. The maximum absolute atomic E-state index is 12.6. The Morgan fingerprint density at radius 2 is 1.96 bits per heavy atom. The Morgan fingerprint density at radius 1 is 1.19 bits per heavy atom. The molecule has 0 aromatic carbocycles. The van der Waals surface area contributed by atoms with Crippen molar-refractivity contribution in [2.45, 2.75) is 32.2 Å². The minimum absolute atomic E-state index is 0.00588. The molecule has 1 amide bonds. The van der Waals surface area contributed by atoms with Crippen LogP contribution >= 0.6 is 0 Å². The molecule has 1 aliphatic heterocycles. The molecule has 0 bridgehead atoms. The van der Waals surface area contributed by atoms with Crippen LogP contribution in [-0.2, 0) is 11.3 Å². The molecule has 0 atom stereocenters. The van der Waals surface area contributed by atoms with Crippen molar-refractivity contribution >= 4 is 11.7 Å². The van der Waals surface area contributed by atoms with Gasteiger partial charge in [0.15, 0.2) is 0 Å². The Morgan fingerprint density at radius 3 is 2.65 bits per heavy atom. The van der Waals surface area contributed by atoms with Crippen molar-refractivity contribution in [1.29, 1.82) is 0 Å². The van der Waals surface area contributed by atoms with Gasteiger partial charge in [0.05, 0.1) is 5.69 Å². The van der Waals surface area contributed by atoms with E-state index in [0.717, 1.165) is 29.9 Å². The largest absolute Gasteiger partial charge is 0.353 e. The second-order valence-electron chi connectivity index (χ2n) is 6.93. The van der Waals surface area contributed by atoms with Gasteiger partial charge in [-0.25, -0.2) is 14.6 Å². The molecular formula is C18H22N6O2. The topological polar surface area (TPSA) is 84.2 Å². The lowest BCUT2D eigenvalue weighted by molar-refractivity contribution is -0.132. The van der Waals surface area contributed by atoms with Crippen LogP contribution in [0.3, 0.4) is 0 Å². The van der Waals surface area contributed by atoms with E-state index in [1.165, 1.54) is 10.7 Å². The minimum Gasteiger partial charge on any atom is -0.353 e. The number of carbonyl (C=O) groups excluding carboxylic acids is 1. The zero-order chi connectivity index (χ0) is 18.1. The van der Waals surface area contributed by atoms with Crippen LogP contribution in [0.2, 0.25) is 0 Å². The second-order valence-corrected chi connectivity index (χ2v) is 6.93. The molecule has 1 saturated heterocycles. The van der Waals surface area contributed by atoms with Gasteiger partial charge in [-0.15, -0.1) is 0 Å². The highest BCUT2D eigenvalue weighted by atomic mass is 16.2. The number of aryl methyl sites for hydroxylation is 1. The quantitative estimate of drug-likeness (QED) is 0.798. The summed E-state index contributed by atoms with van der Waals surface area (Å²) < 4.78 is 1.30. The van der Waals surface area contributed by atoms with Gasteiger partial charge in [0, 0.05) is 49.9 Å². The van der Waals surface area contributed by atoms with E-state index in [1.54, 1.807) is 23.5 Å². The number of anilines is 1. The molecule has 0 N–H and O–H groups in total. The van der Waals surface area contributed by atoms with E-state index >= 15 is 0 Å². The Hall–Kier alpha value is -2.77. The van der Waals surface area contributed by atoms with Gasteiger partial charge in [0.2, 0.25) is 5.91 Å². The lowest BCUT2D eigenvalue weighted by Gasteiger charge is -2.35. The van der Waals surface area contributed by atoms with Crippen molar-refractivity contribution in [3.63, 3.8) is 0 Å². The number of aromatic nitrogens is 4. The number of nitrogens with zero attached hydrogens (tertiary/aromatic N) is 6. The SMILES string of the molecule is Cc1cncnc1N1CCN(C(=O)Cn2nc(C3CC3)ccc2=O)CC1. The van der Waals surface area contributed by atoms with Crippen LogP contribution < -0.4 is 10.5 Å². The molecule has 1 saturated carbocycles. The zero-order valence-corrected chi connectivity index (χ0v) is 14.8. The summed E-state index contributed by atoms with van der Waals surface area (Å²) in [4.78, 5) is 36.9. The first-order valence-electron chi connectivity index (χ1n) is 8.99. The van der Waals surface area contributed by atoms with E-state index in [4.69, 9.17) is 0 Å². The third-order valence-electron chi connectivity index (χ3n) is 4.97. The number of carbonyl (C=O) groups is 1. The van der Waals surface area contributed by atoms with E-state index in [0.29, 0.717) is 32.1 Å². The lowest BCUT2D eigenvalue weighted by Crippen LogP contribution is -2.50. The highest BCUT2D eigenvalue weighted by molar-refractivity contribution is 5.76. The standard InChI is InChI=1S/C18H22N6O2/c1-13-10-19-12-20-18(13)23-8-6-22(7-9-23)17(26)11-24-16(25)5-4-15(21-24)14-2-3-14/h4-5,10,12,14H,2-3,6-9,11H2,1H3. The molecule has 2 aliphatic rings. The molecule has 26 heavy (non-hydrogen) atoms. The minimum atomic E-state index is -0.224. The molecule has 0 radical (unpaired) electrons. The van der Waals surface area contributed by atoms with E-state index in [2.05, 4.69) is 20.0 Å². The van der Waals surface area contributed by atoms with Gasteiger partial charge in [-0.05, 0) is 25.8 Å². The molecule has 0 unspecified atom stereocenters. The van der Waals surface area contributed by atoms with Gasteiger partial charge in [0.25, 0.3) is 5.56 Å². The number of rotatable bonds is 4. The van der Waals surface area contributed by atoms with Crippen molar-refractivity contribution in [1.82, 2.24) is 24.6 Å². The maximum Gasteiger partial charge on any atom is 0.267 e. The molecule has 136 valence electrons. The third-order valence-corrected chi connectivity index (χ3v) is 4.97. The fourth-order valence-corrected chi connectivity index (χ4v) is 3.29. The summed E-state index contributed by atoms with van der Waals surface area (Å²) in [6.07, 6.45) is 5.57. The predicted molar refractivity (Wildman–Crippen MR) is 96.0 cm³/mol. The van der Waals surface area contributed by atoms with Crippen LogP contribution in [0.25, 0.3) is 0 Å². The van der Waals surface area contributed by atoms with Crippen LogP contribution in [0.4, 0.5) is 5.82 Å². The molecule has 0 spiro atoms. The van der Waals surface area contributed by atoms with Gasteiger partial charge in [-0.1, -0.05) is 0 Å². The van der Waals surface area contributed by atoms with Gasteiger partial charge in [-0.2, -0.15) is 5.10 Å². The molecule has 2 aromatic heterocycles. The Kier molecular flexibility index (Phi) is 4.40. The van der Waals surface area contributed by atoms with E-state index < -0.39 is 0 Å². The molecule has 2 aromatic rings. The smallest absolute Gasteiger partial charge is 0.267 e. The van der Waals surface area contributed by atoms with Crippen molar-refractivity contribution in [2.75, 3.05) is 31.1 Å². The molecular weight excluding hydrogens is 332 g/mol. The number of hydrogen-bond acceptors (Lipinski definition) is 6. The van der Waals surface area contributed by atoms with Crippen LogP contribution in [0.1, 0.15) is 30.0 Å². The number of hydrogen-bond donors (Lipinski definition) is 0. The molecule has 8 nitrogen and oxygen atoms in total. The summed E-state index contributed by atoms with van der Waals surface area (Å²) in [7, 11) is 0. The fraction of sp³-hybridized carbons (Fsp3) is 0.500. The molecule has 1 aliphatic carbocycles. The normalized spacial score (nSPS) is 17.4. The van der Waals surface area contributed by atoms with Gasteiger partial charge in [0.1, 0.15) is 18.7 Å². The highest BCUT2D eigenvalue weighted by Crippen LogP contribution is 2.38. The first-order chi connectivity index (χ1) is 12.6. The van der Waals surface area contributed by atoms with Crippen molar-refractivity contribution in [3.8, 4) is 0 Å². The van der Waals surface area contributed by atoms with Crippen molar-refractivity contribution < 1.29 is 4.79 Å². The van der Waals surface area contributed by atoms with Crippen molar-refractivity contribution in [3.05, 3.63) is 46.3 Å². The molecule has 4 rings (SSSR count). The van der Waals surface area contributed by atoms with Crippen LogP contribution in [0.15, 0.2) is 29.5 Å². The first kappa shape index (κ1) is 16.7. The third kappa shape index (κ3) is 3.44. The number of amides is 1. The van der Waals surface area contributed by atoms with Gasteiger partial charge >= 0.3 is 0 Å². The summed E-state index contributed by atoms with van der Waals surface area (Å²) in [5.74, 6) is 1.31. The van der Waals surface area contributed by atoms with Crippen LogP contribution in [0.5, 0.6) is 0 Å². The van der Waals surface area contributed by atoms with Crippen LogP contribution in [-0.4, -0.2) is 56.7 Å². The summed E-state index contributed by atoms with van der Waals surface area (Å²) in [6, 6.07) is 3.30. The second kappa shape index (κ2) is 6.86.